The zero-order valence-electron chi connectivity index (χ0n) is 11.1. The highest BCUT2D eigenvalue weighted by atomic mass is 16.5. The third kappa shape index (κ3) is 2.06. The van der Waals surface area contributed by atoms with E-state index in [1.807, 2.05) is 7.11 Å². The van der Waals surface area contributed by atoms with Crippen LogP contribution in [0.5, 0.6) is 0 Å². The zero-order chi connectivity index (χ0) is 11.9. The summed E-state index contributed by atoms with van der Waals surface area (Å²) in [6.07, 6.45) is 11.5. The Morgan fingerprint density at radius 2 is 2.18 bits per heavy atom. The lowest BCUT2D eigenvalue weighted by Crippen LogP contribution is -2.51. The molecule has 1 N–H and O–H groups in total. The van der Waals surface area contributed by atoms with E-state index in [0.29, 0.717) is 6.04 Å². The van der Waals surface area contributed by atoms with Crippen molar-refractivity contribution in [1.82, 2.24) is 5.32 Å². The molecule has 0 spiro atoms. The maximum absolute atomic E-state index is 5.67. The van der Waals surface area contributed by atoms with Crippen molar-refractivity contribution in [3.63, 3.8) is 0 Å². The molecule has 0 aliphatic heterocycles. The molecule has 2 fully saturated rings. The van der Waals surface area contributed by atoms with Crippen LogP contribution in [0.4, 0.5) is 0 Å². The normalized spacial score (nSPS) is 39.3. The van der Waals surface area contributed by atoms with Crippen LogP contribution in [0.3, 0.4) is 0 Å². The quantitative estimate of drug-likeness (QED) is 0.740. The summed E-state index contributed by atoms with van der Waals surface area (Å²) in [4.78, 5) is 0. The molecule has 2 bridgehead atoms. The minimum Gasteiger partial charge on any atom is -0.377 e. The molecule has 0 amide bonds. The van der Waals surface area contributed by atoms with Gasteiger partial charge in [-0.2, -0.15) is 0 Å². The fourth-order valence-electron chi connectivity index (χ4n) is 3.92. The number of fused-ring (bicyclic) bond motifs is 2. The second-order valence-corrected chi connectivity index (χ2v) is 6.35. The van der Waals surface area contributed by atoms with Crippen LogP contribution in [0.15, 0.2) is 12.2 Å². The summed E-state index contributed by atoms with van der Waals surface area (Å²) < 4.78 is 5.67. The van der Waals surface area contributed by atoms with Crippen LogP contribution >= 0.6 is 0 Å². The number of rotatable bonds is 5. The Kier molecular flexibility index (Phi) is 3.04. The molecule has 96 valence electrons. The van der Waals surface area contributed by atoms with Crippen LogP contribution in [0.25, 0.3) is 0 Å². The zero-order valence-corrected chi connectivity index (χ0v) is 11.1. The van der Waals surface area contributed by atoms with Crippen LogP contribution in [0.1, 0.15) is 39.0 Å². The number of hydrogen-bond donors (Lipinski definition) is 1. The summed E-state index contributed by atoms with van der Waals surface area (Å²) >= 11 is 0. The molecule has 0 aromatic heterocycles. The third-order valence-corrected chi connectivity index (χ3v) is 5.42. The molecule has 0 saturated heterocycles. The Morgan fingerprint density at radius 3 is 2.65 bits per heavy atom. The van der Waals surface area contributed by atoms with Gasteiger partial charge in [-0.3, -0.25) is 0 Å². The average molecular weight is 235 g/mol. The van der Waals surface area contributed by atoms with Crippen molar-refractivity contribution in [1.29, 1.82) is 0 Å². The first-order valence-electron chi connectivity index (χ1n) is 7.19. The molecule has 0 heterocycles. The van der Waals surface area contributed by atoms with Gasteiger partial charge in [0.1, 0.15) is 0 Å². The summed E-state index contributed by atoms with van der Waals surface area (Å²) in [5.41, 5.74) is 0.168. The molecule has 4 unspecified atom stereocenters. The number of hydrogen-bond acceptors (Lipinski definition) is 2. The Bertz CT molecular complexity index is 303. The molecule has 17 heavy (non-hydrogen) atoms. The van der Waals surface area contributed by atoms with Crippen molar-refractivity contribution in [2.24, 2.45) is 17.8 Å². The molecule has 2 nitrogen and oxygen atoms in total. The molecule has 2 saturated carbocycles. The summed E-state index contributed by atoms with van der Waals surface area (Å²) in [5, 5.41) is 3.74. The lowest BCUT2D eigenvalue weighted by molar-refractivity contribution is -0.0716. The van der Waals surface area contributed by atoms with E-state index in [0.717, 1.165) is 24.3 Å². The molecule has 3 aliphatic carbocycles. The van der Waals surface area contributed by atoms with Gasteiger partial charge in [0.25, 0.3) is 0 Å². The predicted octanol–water partition coefficient (Wildman–Crippen LogP) is 2.75. The third-order valence-electron chi connectivity index (χ3n) is 5.42. The lowest BCUT2D eigenvalue weighted by atomic mass is 9.79. The Labute approximate surface area is 105 Å². The van der Waals surface area contributed by atoms with Gasteiger partial charge in [0, 0.05) is 19.7 Å². The summed E-state index contributed by atoms with van der Waals surface area (Å²) in [6.45, 7) is 3.41. The first-order valence-corrected chi connectivity index (χ1v) is 7.19. The van der Waals surface area contributed by atoms with E-state index in [2.05, 4.69) is 24.4 Å². The molecule has 0 aromatic rings. The highest BCUT2D eigenvalue weighted by Crippen LogP contribution is 2.45. The molecule has 0 radical (unpaired) electrons. The maximum Gasteiger partial charge on any atom is 0.0802 e. The van der Waals surface area contributed by atoms with Gasteiger partial charge in [0.2, 0.25) is 0 Å². The van der Waals surface area contributed by atoms with E-state index in [1.54, 1.807) is 0 Å². The fraction of sp³-hybridized carbons (Fsp3) is 0.867. The van der Waals surface area contributed by atoms with Gasteiger partial charge in [-0.25, -0.2) is 0 Å². The number of nitrogens with one attached hydrogen (secondary N) is 1. The smallest absolute Gasteiger partial charge is 0.0802 e. The van der Waals surface area contributed by atoms with Crippen LogP contribution in [0.2, 0.25) is 0 Å². The van der Waals surface area contributed by atoms with Crippen LogP contribution in [-0.2, 0) is 4.74 Å². The van der Waals surface area contributed by atoms with E-state index in [-0.39, 0.29) is 5.60 Å². The summed E-state index contributed by atoms with van der Waals surface area (Å²) in [6, 6.07) is 0.641. The highest BCUT2D eigenvalue weighted by molar-refractivity contribution is 5.11. The van der Waals surface area contributed by atoms with Gasteiger partial charge < -0.3 is 10.1 Å². The monoisotopic (exact) mass is 235 g/mol. The fourth-order valence-corrected chi connectivity index (χ4v) is 3.92. The lowest BCUT2D eigenvalue weighted by Gasteiger charge is -2.42. The molecule has 4 atom stereocenters. The van der Waals surface area contributed by atoms with E-state index >= 15 is 0 Å². The minimum atomic E-state index is 0.168. The standard InChI is InChI=1S/C15H25NO/c1-11(14-9-12-4-5-13(14)8-12)16-10-15(17-2)6-3-7-15/h4-5,11-14,16H,3,6-10H2,1-2H3. The molecule has 3 rings (SSSR count). The van der Waals surface area contributed by atoms with Gasteiger partial charge in [0.15, 0.2) is 0 Å². The molecule has 0 aromatic carbocycles. The maximum atomic E-state index is 5.67. The van der Waals surface area contributed by atoms with Gasteiger partial charge >= 0.3 is 0 Å². The van der Waals surface area contributed by atoms with Crippen molar-refractivity contribution < 1.29 is 4.74 Å². The highest BCUT2D eigenvalue weighted by Gasteiger charge is 2.41. The summed E-state index contributed by atoms with van der Waals surface area (Å²) in [5.74, 6) is 2.59. The second kappa shape index (κ2) is 4.40. The van der Waals surface area contributed by atoms with Gasteiger partial charge in [-0.05, 0) is 56.8 Å². The van der Waals surface area contributed by atoms with Crippen molar-refractivity contribution in [3.05, 3.63) is 12.2 Å². The van der Waals surface area contributed by atoms with E-state index in [9.17, 15) is 0 Å². The first kappa shape index (κ1) is 11.7. The van der Waals surface area contributed by atoms with Crippen molar-refractivity contribution in [3.8, 4) is 0 Å². The van der Waals surface area contributed by atoms with Gasteiger partial charge in [-0.15, -0.1) is 0 Å². The topological polar surface area (TPSA) is 21.3 Å². The van der Waals surface area contributed by atoms with Gasteiger partial charge in [0.05, 0.1) is 5.60 Å². The van der Waals surface area contributed by atoms with E-state index in [4.69, 9.17) is 4.74 Å². The molecule has 2 heteroatoms. The van der Waals surface area contributed by atoms with Gasteiger partial charge in [-0.1, -0.05) is 12.2 Å². The van der Waals surface area contributed by atoms with Crippen LogP contribution < -0.4 is 5.32 Å². The Balaban J connectivity index is 1.50. The van der Waals surface area contributed by atoms with Crippen LogP contribution in [0, 0.1) is 17.8 Å². The van der Waals surface area contributed by atoms with Crippen molar-refractivity contribution in [2.45, 2.75) is 50.7 Å². The van der Waals surface area contributed by atoms with Crippen molar-refractivity contribution >= 4 is 0 Å². The largest absolute Gasteiger partial charge is 0.377 e. The number of methoxy groups -OCH3 is 1. The number of ether oxygens (including phenoxy) is 1. The number of allylic oxidation sites excluding steroid dienone is 2. The predicted molar refractivity (Wildman–Crippen MR) is 69.9 cm³/mol. The van der Waals surface area contributed by atoms with E-state index in [1.165, 1.54) is 32.1 Å². The Morgan fingerprint density at radius 1 is 1.35 bits per heavy atom. The SMILES string of the molecule is COC1(CNC(C)C2CC3C=CC2C3)CCC1. The summed E-state index contributed by atoms with van der Waals surface area (Å²) in [7, 11) is 1.87. The molecule has 3 aliphatic rings. The molecular formula is C15H25NO. The minimum absolute atomic E-state index is 0.168. The Hall–Kier alpha value is -0.340. The first-order chi connectivity index (χ1) is 8.22. The molecular weight excluding hydrogens is 210 g/mol. The van der Waals surface area contributed by atoms with Crippen molar-refractivity contribution in [2.75, 3.05) is 13.7 Å². The second-order valence-electron chi connectivity index (χ2n) is 6.35. The van der Waals surface area contributed by atoms with Crippen LogP contribution in [-0.4, -0.2) is 25.3 Å². The average Bonchev–Trinajstić information content (AvgIpc) is 2.89. The van der Waals surface area contributed by atoms with E-state index < -0.39 is 0 Å².